The molecule has 6 heteroatoms. The number of hydrogen-bond acceptors (Lipinski definition) is 3. The molecule has 2 N–H and O–H groups in total. The number of halogens is 2. The van der Waals surface area contributed by atoms with Gasteiger partial charge in [-0.05, 0) is 23.1 Å². The fourth-order valence-electron chi connectivity index (χ4n) is 1.59. The number of ether oxygens (including phenoxy) is 1. The summed E-state index contributed by atoms with van der Waals surface area (Å²) in [4.78, 5) is 11.3. The normalized spacial score (nSPS) is 10.4. The van der Waals surface area contributed by atoms with Crippen LogP contribution in [0.1, 0.15) is 9.67 Å². The molecule has 2 rings (SSSR count). The zero-order valence-electron chi connectivity index (χ0n) is 9.37. The van der Waals surface area contributed by atoms with Crippen LogP contribution in [0.4, 0.5) is 8.78 Å². The summed E-state index contributed by atoms with van der Waals surface area (Å²) in [6.45, 7) is 0. The van der Waals surface area contributed by atoms with Crippen molar-refractivity contribution in [2.45, 2.75) is 0 Å². The molecule has 1 heterocycles. The van der Waals surface area contributed by atoms with Crippen LogP contribution < -0.4 is 10.5 Å². The molecule has 94 valence electrons. The van der Waals surface area contributed by atoms with E-state index in [0.717, 1.165) is 23.5 Å². The number of carbonyl (C=O) groups is 1. The standard InChI is InChI=1S/C12H9F2NO2S/c1-17-11-8(3-7(13)4-9(11)14)6-2-10(12(15)16)18-5-6/h2-5H,1H3,(H2,15,16). The van der Waals surface area contributed by atoms with Crippen molar-refractivity contribution < 1.29 is 18.3 Å². The van der Waals surface area contributed by atoms with Gasteiger partial charge in [-0.1, -0.05) is 0 Å². The van der Waals surface area contributed by atoms with E-state index in [1.807, 2.05) is 0 Å². The van der Waals surface area contributed by atoms with Crippen molar-refractivity contribution in [3.63, 3.8) is 0 Å². The van der Waals surface area contributed by atoms with E-state index in [0.29, 0.717) is 10.4 Å². The fraction of sp³-hybridized carbons (Fsp3) is 0.0833. The summed E-state index contributed by atoms with van der Waals surface area (Å²) in [5, 5.41) is 1.59. The molecule has 2 aromatic rings. The number of benzene rings is 1. The number of hydrogen-bond donors (Lipinski definition) is 1. The van der Waals surface area contributed by atoms with Gasteiger partial charge in [-0.15, -0.1) is 11.3 Å². The van der Waals surface area contributed by atoms with Gasteiger partial charge in [0.25, 0.3) is 5.91 Å². The molecule has 0 unspecified atom stereocenters. The van der Waals surface area contributed by atoms with Gasteiger partial charge in [0.15, 0.2) is 11.6 Å². The van der Waals surface area contributed by atoms with Gasteiger partial charge in [0.05, 0.1) is 12.0 Å². The molecule has 0 aliphatic rings. The number of amides is 1. The van der Waals surface area contributed by atoms with Crippen molar-refractivity contribution in [1.29, 1.82) is 0 Å². The van der Waals surface area contributed by atoms with Gasteiger partial charge in [-0.2, -0.15) is 0 Å². The minimum Gasteiger partial charge on any atom is -0.493 e. The number of rotatable bonds is 3. The van der Waals surface area contributed by atoms with E-state index in [2.05, 4.69) is 0 Å². The lowest BCUT2D eigenvalue weighted by Gasteiger charge is -2.08. The maximum atomic E-state index is 13.5. The Kier molecular flexibility index (Phi) is 3.29. The molecule has 0 saturated carbocycles. The van der Waals surface area contributed by atoms with Crippen LogP contribution in [0.15, 0.2) is 23.6 Å². The Morgan fingerprint density at radius 2 is 2.06 bits per heavy atom. The maximum absolute atomic E-state index is 13.5. The number of methoxy groups -OCH3 is 1. The van der Waals surface area contributed by atoms with Crippen LogP contribution in [0.2, 0.25) is 0 Å². The van der Waals surface area contributed by atoms with Gasteiger partial charge >= 0.3 is 0 Å². The van der Waals surface area contributed by atoms with E-state index in [1.54, 1.807) is 5.38 Å². The molecule has 3 nitrogen and oxygen atoms in total. The summed E-state index contributed by atoms with van der Waals surface area (Å²) in [5.74, 6) is -2.15. The highest BCUT2D eigenvalue weighted by Crippen LogP contribution is 2.35. The predicted octanol–water partition coefficient (Wildman–Crippen LogP) is 2.80. The van der Waals surface area contributed by atoms with Gasteiger partial charge in [0.1, 0.15) is 5.82 Å². The highest BCUT2D eigenvalue weighted by Gasteiger charge is 2.16. The predicted molar refractivity (Wildman–Crippen MR) is 64.7 cm³/mol. The SMILES string of the molecule is COc1c(F)cc(F)cc1-c1csc(C(N)=O)c1. The molecule has 0 atom stereocenters. The Morgan fingerprint density at radius 3 is 2.61 bits per heavy atom. The van der Waals surface area contributed by atoms with E-state index in [4.69, 9.17) is 10.5 Å². The molecule has 0 aliphatic heterocycles. The van der Waals surface area contributed by atoms with Crippen molar-refractivity contribution in [2.24, 2.45) is 5.73 Å². The third-order valence-electron chi connectivity index (χ3n) is 2.37. The molecule has 0 aliphatic carbocycles. The second kappa shape index (κ2) is 4.73. The zero-order valence-corrected chi connectivity index (χ0v) is 10.2. The zero-order chi connectivity index (χ0) is 13.3. The van der Waals surface area contributed by atoms with E-state index in [1.165, 1.54) is 13.2 Å². The van der Waals surface area contributed by atoms with Crippen molar-refractivity contribution in [3.8, 4) is 16.9 Å². The molecule has 0 fully saturated rings. The van der Waals surface area contributed by atoms with Crippen molar-refractivity contribution in [1.82, 2.24) is 0 Å². The van der Waals surface area contributed by atoms with Crippen molar-refractivity contribution in [3.05, 3.63) is 40.1 Å². The maximum Gasteiger partial charge on any atom is 0.258 e. The average molecular weight is 269 g/mol. The molecule has 0 spiro atoms. The number of carbonyl (C=O) groups excluding carboxylic acids is 1. The Hall–Kier alpha value is -1.95. The van der Waals surface area contributed by atoms with Crippen LogP contribution >= 0.6 is 11.3 Å². The Balaban J connectivity index is 2.58. The van der Waals surface area contributed by atoms with Crippen molar-refractivity contribution in [2.75, 3.05) is 7.11 Å². The van der Waals surface area contributed by atoms with Crippen LogP contribution in [-0.2, 0) is 0 Å². The number of nitrogens with two attached hydrogens (primary N) is 1. The number of thiophene rings is 1. The topological polar surface area (TPSA) is 52.3 Å². The summed E-state index contributed by atoms with van der Waals surface area (Å²) in [6, 6.07) is 3.36. The monoisotopic (exact) mass is 269 g/mol. The van der Waals surface area contributed by atoms with Crippen molar-refractivity contribution >= 4 is 17.2 Å². The Morgan fingerprint density at radius 1 is 1.33 bits per heavy atom. The molecule has 18 heavy (non-hydrogen) atoms. The van der Waals surface area contributed by atoms with E-state index in [-0.39, 0.29) is 11.3 Å². The third kappa shape index (κ3) is 2.19. The summed E-state index contributed by atoms with van der Waals surface area (Å²) in [7, 11) is 1.29. The molecule has 1 aromatic heterocycles. The summed E-state index contributed by atoms with van der Waals surface area (Å²) < 4.78 is 31.6. The smallest absolute Gasteiger partial charge is 0.258 e. The Labute approximate surface area is 106 Å². The summed E-state index contributed by atoms with van der Waals surface area (Å²) in [5.41, 5.74) is 5.87. The first kappa shape index (κ1) is 12.5. The van der Waals surface area contributed by atoms with Gasteiger partial charge in [0, 0.05) is 11.6 Å². The van der Waals surface area contributed by atoms with Gasteiger partial charge in [0.2, 0.25) is 0 Å². The first-order valence-electron chi connectivity index (χ1n) is 4.94. The lowest BCUT2D eigenvalue weighted by Crippen LogP contribution is -2.08. The van der Waals surface area contributed by atoms with E-state index in [9.17, 15) is 13.6 Å². The molecule has 0 saturated heterocycles. The lowest BCUT2D eigenvalue weighted by molar-refractivity contribution is 0.100. The van der Waals surface area contributed by atoms with Gasteiger partial charge in [-0.25, -0.2) is 8.78 Å². The summed E-state index contributed by atoms with van der Waals surface area (Å²) in [6.07, 6.45) is 0. The highest BCUT2D eigenvalue weighted by atomic mass is 32.1. The minimum absolute atomic E-state index is 0.0646. The molecular weight excluding hydrogens is 260 g/mol. The van der Waals surface area contributed by atoms with Crippen LogP contribution in [0.3, 0.4) is 0 Å². The second-order valence-electron chi connectivity index (χ2n) is 3.53. The summed E-state index contributed by atoms with van der Waals surface area (Å²) >= 11 is 1.11. The minimum atomic E-state index is -0.792. The molecule has 0 radical (unpaired) electrons. The third-order valence-corrected chi connectivity index (χ3v) is 3.31. The van der Waals surface area contributed by atoms with Crippen LogP contribution in [0, 0.1) is 11.6 Å². The molecular formula is C12H9F2NO2S. The van der Waals surface area contributed by atoms with E-state index < -0.39 is 17.5 Å². The molecule has 0 bridgehead atoms. The quantitative estimate of drug-likeness (QED) is 0.931. The lowest BCUT2D eigenvalue weighted by atomic mass is 10.1. The second-order valence-corrected chi connectivity index (χ2v) is 4.44. The Bertz CT molecular complexity index is 610. The first-order valence-corrected chi connectivity index (χ1v) is 5.82. The van der Waals surface area contributed by atoms with Crippen LogP contribution in [0.25, 0.3) is 11.1 Å². The fourth-order valence-corrected chi connectivity index (χ4v) is 2.35. The largest absolute Gasteiger partial charge is 0.493 e. The van der Waals surface area contributed by atoms with E-state index >= 15 is 0 Å². The average Bonchev–Trinajstić information content (AvgIpc) is 2.77. The van der Waals surface area contributed by atoms with Crippen LogP contribution in [0.5, 0.6) is 5.75 Å². The van der Waals surface area contributed by atoms with Crippen LogP contribution in [-0.4, -0.2) is 13.0 Å². The molecule has 1 amide bonds. The van der Waals surface area contributed by atoms with Gasteiger partial charge < -0.3 is 10.5 Å². The number of primary amides is 1. The first-order chi connectivity index (χ1) is 8.52. The van der Waals surface area contributed by atoms with Gasteiger partial charge in [-0.3, -0.25) is 4.79 Å². The molecule has 1 aromatic carbocycles. The highest BCUT2D eigenvalue weighted by molar-refractivity contribution is 7.12.